The zero-order valence-corrected chi connectivity index (χ0v) is 14.8. The van der Waals surface area contributed by atoms with Gasteiger partial charge in [-0.05, 0) is 26.0 Å². The van der Waals surface area contributed by atoms with Crippen LogP contribution in [0.1, 0.15) is 24.2 Å². The molecule has 1 N–H and O–H groups in total. The molecule has 1 aromatic carbocycles. The van der Waals surface area contributed by atoms with Crippen LogP contribution in [-0.2, 0) is 0 Å². The van der Waals surface area contributed by atoms with Crippen LogP contribution in [0.15, 0.2) is 36.5 Å². The molecule has 3 rings (SSSR count). The summed E-state index contributed by atoms with van der Waals surface area (Å²) < 4.78 is 2.03. The van der Waals surface area contributed by atoms with Gasteiger partial charge in [-0.1, -0.05) is 18.2 Å². The highest BCUT2D eigenvalue weighted by Gasteiger charge is 2.19. The van der Waals surface area contributed by atoms with Gasteiger partial charge in [-0.3, -0.25) is 0 Å². The van der Waals surface area contributed by atoms with Crippen LogP contribution in [0.2, 0.25) is 0 Å². The molecule has 2 aromatic rings. The number of benzene rings is 1. The summed E-state index contributed by atoms with van der Waals surface area (Å²) in [5.41, 5.74) is 3.64. The second kappa shape index (κ2) is 7.57. The van der Waals surface area contributed by atoms with E-state index in [1.807, 2.05) is 16.9 Å². The quantitative estimate of drug-likeness (QED) is 0.924. The molecule has 0 spiro atoms. The summed E-state index contributed by atoms with van der Waals surface area (Å²) in [6, 6.07) is 11.3. The molecule has 0 amide bonds. The standard InChI is InChI=1S/C17H23N3S2/c1-13(19-15-11-21-8-9-22-12-15)17-10-18-20(14(17)2)16-6-4-3-5-7-16/h3-7,10,13,15,19H,8-9,11-12H2,1-2H3/t13-/m1/s1. The summed E-state index contributed by atoms with van der Waals surface area (Å²) in [5, 5.41) is 8.37. The minimum atomic E-state index is 0.335. The van der Waals surface area contributed by atoms with Crippen molar-refractivity contribution in [2.24, 2.45) is 0 Å². The number of aromatic nitrogens is 2. The first-order valence-electron chi connectivity index (χ1n) is 7.77. The van der Waals surface area contributed by atoms with Crippen LogP contribution in [0, 0.1) is 6.92 Å². The second-order valence-electron chi connectivity index (χ2n) is 5.67. The molecule has 3 nitrogen and oxygen atoms in total. The third-order valence-electron chi connectivity index (χ3n) is 4.01. The number of nitrogens with zero attached hydrogens (tertiary/aromatic N) is 2. The number of hydrogen-bond acceptors (Lipinski definition) is 4. The molecule has 0 aliphatic carbocycles. The Kier molecular flexibility index (Phi) is 5.50. The first-order valence-corrected chi connectivity index (χ1v) is 10.1. The van der Waals surface area contributed by atoms with Gasteiger partial charge in [-0.2, -0.15) is 28.6 Å². The van der Waals surface area contributed by atoms with Crippen LogP contribution < -0.4 is 5.32 Å². The molecule has 1 fully saturated rings. The lowest BCUT2D eigenvalue weighted by molar-refractivity contribution is 0.515. The van der Waals surface area contributed by atoms with Crippen LogP contribution in [0.5, 0.6) is 0 Å². The Morgan fingerprint density at radius 1 is 1.18 bits per heavy atom. The van der Waals surface area contributed by atoms with Gasteiger partial charge in [-0.15, -0.1) is 0 Å². The monoisotopic (exact) mass is 333 g/mol. The fourth-order valence-corrected chi connectivity index (χ4v) is 5.26. The Labute approximate surface area is 141 Å². The number of rotatable bonds is 4. The Hall–Kier alpha value is -0.910. The summed E-state index contributed by atoms with van der Waals surface area (Å²) in [4.78, 5) is 0. The molecule has 0 bridgehead atoms. The van der Waals surface area contributed by atoms with Gasteiger partial charge in [0, 0.05) is 46.4 Å². The third kappa shape index (κ3) is 3.70. The molecule has 1 saturated heterocycles. The van der Waals surface area contributed by atoms with Crippen molar-refractivity contribution in [3.63, 3.8) is 0 Å². The van der Waals surface area contributed by atoms with Gasteiger partial charge in [0.1, 0.15) is 0 Å². The first-order chi connectivity index (χ1) is 10.8. The topological polar surface area (TPSA) is 29.9 Å². The van der Waals surface area contributed by atoms with Crippen molar-refractivity contribution < 1.29 is 0 Å². The minimum Gasteiger partial charge on any atom is -0.306 e. The number of hydrogen-bond donors (Lipinski definition) is 1. The zero-order chi connectivity index (χ0) is 15.4. The number of nitrogens with one attached hydrogen (secondary N) is 1. The Bertz CT molecular complexity index is 589. The molecule has 0 radical (unpaired) electrons. The second-order valence-corrected chi connectivity index (χ2v) is 7.97. The molecule has 0 unspecified atom stereocenters. The van der Waals surface area contributed by atoms with E-state index in [4.69, 9.17) is 0 Å². The van der Waals surface area contributed by atoms with Crippen LogP contribution in [0.4, 0.5) is 0 Å². The molecular formula is C17H23N3S2. The van der Waals surface area contributed by atoms with Crippen molar-refractivity contribution in [3.8, 4) is 5.69 Å². The van der Waals surface area contributed by atoms with Crippen molar-refractivity contribution in [1.29, 1.82) is 0 Å². The summed E-state index contributed by atoms with van der Waals surface area (Å²) >= 11 is 4.13. The van der Waals surface area contributed by atoms with Gasteiger partial charge in [-0.25, -0.2) is 4.68 Å². The molecule has 118 valence electrons. The lowest BCUT2D eigenvalue weighted by atomic mass is 10.1. The number of thioether (sulfide) groups is 2. The van der Waals surface area contributed by atoms with Gasteiger partial charge in [0.2, 0.25) is 0 Å². The predicted molar refractivity (Wildman–Crippen MR) is 98.3 cm³/mol. The van der Waals surface area contributed by atoms with Gasteiger partial charge in [0.15, 0.2) is 0 Å². The van der Waals surface area contributed by atoms with Crippen LogP contribution in [0.25, 0.3) is 5.69 Å². The number of para-hydroxylation sites is 1. The molecule has 5 heteroatoms. The summed E-state index contributed by atoms with van der Waals surface area (Å²) in [7, 11) is 0. The van der Waals surface area contributed by atoms with Gasteiger partial charge < -0.3 is 5.32 Å². The maximum Gasteiger partial charge on any atom is 0.0648 e. The van der Waals surface area contributed by atoms with Gasteiger partial charge in [0.25, 0.3) is 0 Å². The summed E-state index contributed by atoms with van der Waals surface area (Å²) in [5.74, 6) is 4.98. The van der Waals surface area contributed by atoms with Crippen molar-refractivity contribution >= 4 is 23.5 Å². The minimum absolute atomic E-state index is 0.335. The molecule has 22 heavy (non-hydrogen) atoms. The van der Waals surface area contributed by atoms with E-state index < -0.39 is 0 Å². The Morgan fingerprint density at radius 2 is 1.86 bits per heavy atom. The third-order valence-corrected chi connectivity index (χ3v) is 6.53. The largest absolute Gasteiger partial charge is 0.306 e. The van der Waals surface area contributed by atoms with E-state index in [1.54, 1.807) is 0 Å². The van der Waals surface area contributed by atoms with Crippen molar-refractivity contribution in [2.75, 3.05) is 23.0 Å². The Balaban J connectivity index is 1.73. The van der Waals surface area contributed by atoms with E-state index in [2.05, 4.69) is 72.1 Å². The fourth-order valence-electron chi connectivity index (χ4n) is 2.83. The molecule has 1 aromatic heterocycles. The average molecular weight is 334 g/mol. The maximum atomic E-state index is 4.58. The van der Waals surface area contributed by atoms with Crippen molar-refractivity contribution in [2.45, 2.75) is 25.9 Å². The molecule has 1 aliphatic rings. The van der Waals surface area contributed by atoms with E-state index in [0.29, 0.717) is 12.1 Å². The highest BCUT2D eigenvalue weighted by atomic mass is 32.2. The SMILES string of the molecule is Cc1c([C@@H](C)NC2CSCCSC2)cnn1-c1ccccc1. The van der Waals surface area contributed by atoms with Crippen molar-refractivity contribution in [3.05, 3.63) is 47.8 Å². The van der Waals surface area contributed by atoms with E-state index in [1.165, 1.54) is 34.3 Å². The lowest BCUT2D eigenvalue weighted by Crippen LogP contribution is -2.35. The average Bonchev–Trinajstić information content (AvgIpc) is 2.75. The predicted octanol–water partition coefficient (Wildman–Crippen LogP) is 3.68. The van der Waals surface area contributed by atoms with E-state index >= 15 is 0 Å². The normalized spacial score (nSPS) is 18.1. The summed E-state index contributed by atoms with van der Waals surface area (Å²) in [6.07, 6.45) is 2.01. The molecular weight excluding hydrogens is 310 g/mol. The first kappa shape index (κ1) is 16.0. The van der Waals surface area contributed by atoms with Crippen LogP contribution in [-0.4, -0.2) is 38.8 Å². The van der Waals surface area contributed by atoms with E-state index in [9.17, 15) is 0 Å². The molecule has 2 heterocycles. The molecule has 0 saturated carbocycles. The zero-order valence-electron chi connectivity index (χ0n) is 13.2. The van der Waals surface area contributed by atoms with Gasteiger partial charge in [0.05, 0.1) is 11.9 Å². The lowest BCUT2D eigenvalue weighted by Gasteiger charge is -2.21. The molecule has 1 atom stereocenters. The van der Waals surface area contributed by atoms with Crippen LogP contribution >= 0.6 is 23.5 Å². The Morgan fingerprint density at radius 3 is 2.55 bits per heavy atom. The van der Waals surface area contributed by atoms with Crippen LogP contribution in [0.3, 0.4) is 0 Å². The van der Waals surface area contributed by atoms with Gasteiger partial charge >= 0.3 is 0 Å². The van der Waals surface area contributed by atoms with E-state index in [-0.39, 0.29) is 0 Å². The molecule has 1 aliphatic heterocycles. The highest BCUT2D eigenvalue weighted by Crippen LogP contribution is 2.23. The summed E-state index contributed by atoms with van der Waals surface area (Å²) in [6.45, 7) is 4.41. The fraction of sp³-hybridized carbons (Fsp3) is 0.471. The van der Waals surface area contributed by atoms with E-state index in [0.717, 1.165) is 5.69 Å². The smallest absolute Gasteiger partial charge is 0.0648 e. The maximum absolute atomic E-state index is 4.58. The van der Waals surface area contributed by atoms with Crippen molar-refractivity contribution in [1.82, 2.24) is 15.1 Å². The highest BCUT2D eigenvalue weighted by molar-refractivity contribution is 8.03.